The largest absolute Gasteiger partial charge is 0.130 e. The molecule has 0 saturated heterocycles. The number of rotatable bonds is 3. The van der Waals surface area contributed by atoms with Gasteiger partial charge in [-0.15, -0.1) is 9.24 Å². The summed E-state index contributed by atoms with van der Waals surface area (Å²) in [4.78, 5) is 0. The van der Waals surface area contributed by atoms with Crippen LogP contribution in [0.25, 0.3) is 0 Å². The maximum atomic E-state index is 2.87. The maximum absolute atomic E-state index is 2.87. The molecule has 2 aromatic carbocycles. The molecule has 0 radical (unpaired) electrons. The topological polar surface area (TPSA) is 0 Å². The van der Waals surface area contributed by atoms with Crippen LogP contribution in [0.1, 0.15) is 29.3 Å². The SMILES string of the molecule is CC(P)c1ccccc1Cc1ccccc1. The van der Waals surface area contributed by atoms with Crippen molar-refractivity contribution in [2.75, 3.05) is 0 Å². The van der Waals surface area contributed by atoms with E-state index in [1.807, 2.05) is 0 Å². The molecule has 2 unspecified atom stereocenters. The van der Waals surface area contributed by atoms with Gasteiger partial charge in [0.2, 0.25) is 0 Å². The van der Waals surface area contributed by atoms with Gasteiger partial charge in [-0.25, -0.2) is 0 Å². The third kappa shape index (κ3) is 2.71. The molecule has 0 aliphatic heterocycles. The van der Waals surface area contributed by atoms with Crippen LogP contribution in [0.3, 0.4) is 0 Å². The molecule has 0 aliphatic carbocycles. The van der Waals surface area contributed by atoms with Gasteiger partial charge in [-0.05, 0) is 28.8 Å². The lowest BCUT2D eigenvalue weighted by Crippen LogP contribution is -1.95. The fourth-order valence-corrected chi connectivity index (χ4v) is 2.28. The minimum atomic E-state index is 0.514. The van der Waals surface area contributed by atoms with Gasteiger partial charge in [0.05, 0.1) is 0 Å². The van der Waals surface area contributed by atoms with E-state index < -0.39 is 0 Å². The Morgan fingerprint density at radius 2 is 1.56 bits per heavy atom. The lowest BCUT2D eigenvalue weighted by atomic mass is 9.98. The molecule has 2 aromatic rings. The van der Waals surface area contributed by atoms with Crippen LogP contribution >= 0.6 is 9.24 Å². The van der Waals surface area contributed by atoms with Gasteiger partial charge >= 0.3 is 0 Å². The predicted molar refractivity (Wildman–Crippen MR) is 73.8 cm³/mol. The van der Waals surface area contributed by atoms with Crippen molar-refractivity contribution in [3.05, 3.63) is 71.3 Å². The second-order valence-corrected chi connectivity index (χ2v) is 5.15. The predicted octanol–water partition coefficient (Wildman–Crippen LogP) is 4.21. The van der Waals surface area contributed by atoms with Crippen molar-refractivity contribution < 1.29 is 0 Å². The molecule has 0 bridgehead atoms. The van der Waals surface area contributed by atoms with Crippen molar-refractivity contribution in [2.24, 2.45) is 0 Å². The van der Waals surface area contributed by atoms with Crippen molar-refractivity contribution in [1.29, 1.82) is 0 Å². The highest BCUT2D eigenvalue weighted by Crippen LogP contribution is 2.26. The molecule has 0 spiro atoms. The zero-order chi connectivity index (χ0) is 11.4. The van der Waals surface area contributed by atoms with Gasteiger partial charge in [0, 0.05) is 0 Å². The lowest BCUT2D eigenvalue weighted by Gasteiger charge is -2.12. The first-order valence-corrected chi connectivity index (χ1v) is 6.31. The van der Waals surface area contributed by atoms with E-state index in [1.165, 1.54) is 16.7 Å². The third-order valence-electron chi connectivity index (χ3n) is 2.78. The smallest absolute Gasteiger partial charge is 0.00228 e. The minimum Gasteiger partial charge on any atom is -0.130 e. The van der Waals surface area contributed by atoms with E-state index in [0.29, 0.717) is 5.66 Å². The normalized spacial score (nSPS) is 12.4. The average molecular weight is 228 g/mol. The van der Waals surface area contributed by atoms with Crippen LogP contribution in [0.5, 0.6) is 0 Å². The van der Waals surface area contributed by atoms with Gasteiger partial charge in [0.15, 0.2) is 0 Å². The zero-order valence-corrected chi connectivity index (χ0v) is 10.7. The molecule has 1 heteroatoms. The van der Waals surface area contributed by atoms with E-state index in [0.717, 1.165) is 6.42 Å². The summed E-state index contributed by atoms with van der Waals surface area (Å²) in [5.74, 6) is 0. The molecule has 0 aliphatic rings. The van der Waals surface area contributed by atoms with E-state index in [4.69, 9.17) is 0 Å². The Morgan fingerprint density at radius 3 is 2.25 bits per heavy atom. The Kier molecular flexibility index (Phi) is 3.74. The van der Waals surface area contributed by atoms with E-state index in [9.17, 15) is 0 Å². The van der Waals surface area contributed by atoms with E-state index in [1.54, 1.807) is 0 Å². The van der Waals surface area contributed by atoms with E-state index in [2.05, 4.69) is 70.8 Å². The number of hydrogen-bond donors (Lipinski definition) is 0. The monoisotopic (exact) mass is 228 g/mol. The fourth-order valence-electron chi connectivity index (χ4n) is 1.96. The standard InChI is InChI=1S/C15H17P/c1-12(16)15-10-6-5-9-14(15)11-13-7-3-2-4-8-13/h2-10,12H,11,16H2,1H3. The Labute approximate surface area is 99.9 Å². The van der Waals surface area contributed by atoms with Crippen LogP contribution < -0.4 is 0 Å². The van der Waals surface area contributed by atoms with E-state index >= 15 is 0 Å². The molecule has 0 heterocycles. The van der Waals surface area contributed by atoms with Crippen molar-refractivity contribution in [3.8, 4) is 0 Å². The molecule has 0 aromatic heterocycles. The molecule has 16 heavy (non-hydrogen) atoms. The first-order valence-electron chi connectivity index (χ1n) is 5.64. The van der Waals surface area contributed by atoms with Crippen LogP contribution in [0.2, 0.25) is 0 Å². The highest BCUT2D eigenvalue weighted by Gasteiger charge is 2.05. The second-order valence-electron chi connectivity index (χ2n) is 4.15. The van der Waals surface area contributed by atoms with Crippen molar-refractivity contribution >= 4 is 9.24 Å². The summed E-state index contributed by atoms with van der Waals surface area (Å²) >= 11 is 0. The van der Waals surface area contributed by atoms with E-state index in [-0.39, 0.29) is 0 Å². The summed E-state index contributed by atoms with van der Waals surface area (Å²) in [5, 5.41) is 0. The molecule has 0 nitrogen and oxygen atoms in total. The van der Waals surface area contributed by atoms with Crippen molar-refractivity contribution in [2.45, 2.75) is 19.0 Å². The van der Waals surface area contributed by atoms with Crippen LogP contribution in [0.4, 0.5) is 0 Å². The van der Waals surface area contributed by atoms with Crippen LogP contribution in [0.15, 0.2) is 54.6 Å². The molecule has 2 atom stereocenters. The Bertz CT molecular complexity index is 446. The fraction of sp³-hybridized carbons (Fsp3) is 0.200. The highest BCUT2D eigenvalue weighted by atomic mass is 31.0. The van der Waals surface area contributed by atoms with Gasteiger partial charge in [-0.3, -0.25) is 0 Å². The maximum Gasteiger partial charge on any atom is -0.00228 e. The number of benzene rings is 2. The summed E-state index contributed by atoms with van der Waals surface area (Å²) in [6.45, 7) is 2.22. The molecule has 0 fully saturated rings. The molecular weight excluding hydrogens is 211 g/mol. The Balaban J connectivity index is 2.28. The van der Waals surface area contributed by atoms with Crippen LogP contribution in [-0.2, 0) is 6.42 Å². The first kappa shape index (κ1) is 11.4. The molecular formula is C15H17P. The lowest BCUT2D eigenvalue weighted by molar-refractivity contribution is 1.04. The third-order valence-corrected chi connectivity index (χ3v) is 3.14. The van der Waals surface area contributed by atoms with Crippen molar-refractivity contribution in [1.82, 2.24) is 0 Å². The van der Waals surface area contributed by atoms with Crippen LogP contribution in [0, 0.1) is 0 Å². The molecule has 2 rings (SSSR count). The summed E-state index contributed by atoms with van der Waals surface area (Å²) in [7, 11) is 2.87. The Hall–Kier alpha value is -1.13. The van der Waals surface area contributed by atoms with Gasteiger partial charge in [-0.1, -0.05) is 61.5 Å². The van der Waals surface area contributed by atoms with Gasteiger partial charge < -0.3 is 0 Å². The summed E-state index contributed by atoms with van der Waals surface area (Å²) in [6, 6.07) is 19.3. The van der Waals surface area contributed by atoms with Gasteiger partial charge in [0.1, 0.15) is 0 Å². The minimum absolute atomic E-state index is 0.514. The summed E-state index contributed by atoms with van der Waals surface area (Å²) < 4.78 is 0. The highest BCUT2D eigenvalue weighted by molar-refractivity contribution is 7.17. The van der Waals surface area contributed by atoms with Crippen molar-refractivity contribution in [3.63, 3.8) is 0 Å². The molecule has 0 amide bonds. The van der Waals surface area contributed by atoms with Gasteiger partial charge in [-0.2, -0.15) is 0 Å². The molecule has 82 valence electrons. The molecule has 0 N–H and O–H groups in total. The zero-order valence-electron chi connectivity index (χ0n) is 9.56. The number of hydrogen-bond acceptors (Lipinski definition) is 0. The summed E-state index contributed by atoms with van der Waals surface area (Å²) in [5.41, 5.74) is 4.74. The second kappa shape index (κ2) is 5.27. The summed E-state index contributed by atoms with van der Waals surface area (Å²) in [6.07, 6.45) is 1.02. The quantitative estimate of drug-likeness (QED) is 0.690. The first-order chi connectivity index (χ1) is 7.77. The molecule has 0 saturated carbocycles. The van der Waals surface area contributed by atoms with Gasteiger partial charge in [0.25, 0.3) is 0 Å². The van der Waals surface area contributed by atoms with Crippen LogP contribution in [-0.4, -0.2) is 0 Å². The average Bonchev–Trinajstić information content (AvgIpc) is 2.31. The Morgan fingerprint density at radius 1 is 0.938 bits per heavy atom.